The Morgan fingerprint density at radius 1 is 1.16 bits per heavy atom. The van der Waals surface area contributed by atoms with Crippen LogP contribution in [0.2, 0.25) is 0 Å². The quantitative estimate of drug-likeness (QED) is 0.392. The second-order valence-electron chi connectivity index (χ2n) is 6.83. The van der Waals surface area contributed by atoms with Gasteiger partial charge in [0, 0.05) is 13.7 Å². The molecular formula is C23H19BrIN3O3. The normalized spacial score (nSPS) is 15.1. The summed E-state index contributed by atoms with van der Waals surface area (Å²) < 4.78 is 7.11. The molecule has 1 aliphatic heterocycles. The van der Waals surface area contributed by atoms with Crippen LogP contribution in [0, 0.1) is 3.57 Å². The first-order valence-corrected chi connectivity index (χ1v) is 11.5. The fourth-order valence-corrected chi connectivity index (χ4v) is 4.35. The van der Waals surface area contributed by atoms with Crippen molar-refractivity contribution in [1.29, 1.82) is 0 Å². The molecule has 3 aromatic rings. The Bertz CT molecular complexity index is 1140. The summed E-state index contributed by atoms with van der Waals surface area (Å²) in [5, 5.41) is 4.71. The van der Waals surface area contributed by atoms with E-state index in [9.17, 15) is 9.59 Å². The van der Waals surface area contributed by atoms with E-state index in [1.54, 1.807) is 18.2 Å². The maximum atomic E-state index is 13.4. The first kappa shape index (κ1) is 21.6. The van der Waals surface area contributed by atoms with Crippen LogP contribution in [0.5, 0.6) is 5.75 Å². The van der Waals surface area contributed by atoms with Crippen molar-refractivity contribution in [3.05, 3.63) is 91.5 Å². The Labute approximate surface area is 202 Å². The van der Waals surface area contributed by atoms with E-state index >= 15 is 0 Å². The average Bonchev–Trinajstić information content (AvgIpc) is 2.77. The van der Waals surface area contributed by atoms with E-state index in [0.717, 1.165) is 19.4 Å². The number of amides is 2. The van der Waals surface area contributed by atoms with Crippen LogP contribution in [0.3, 0.4) is 0 Å². The number of hydrazine groups is 1. The minimum Gasteiger partial charge on any atom is -0.494 e. The fourth-order valence-electron chi connectivity index (χ4n) is 3.35. The van der Waals surface area contributed by atoms with E-state index < -0.39 is 6.17 Å². The monoisotopic (exact) mass is 591 g/mol. The zero-order valence-electron chi connectivity index (χ0n) is 16.6. The SMILES string of the molecule is CCOc1ccc([C@H]2Nc3ccc(Br)cc3C(=O)N2NC(=O)c2ccccc2I)cc1. The fraction of sp³-hybridized carbons (Fsp3) is 0.130. The third kappa shape index (κ3) is 4.54. The van der Waals surface area contributed by atoms with E-state index in [2.05, 4.69) is 49.3 Å². The van der Waals surface area contributed by atoms with Crippen LogP contribution in [-0.4, -0.2) is 23.4 Å². The molecule has 6 nitrogen and oxygen atoms in total. The van der Waals surface area contributed by atoms with Crippen LogP contribution in [0.4, 0.5) is 5.69 Å². The third-order valence-corrected chi connectivity index (χ3v) is 6.26. The van der Waals surface area contributed by atoms with Gasteiger partial charge in [0.2, 0.25) is 0 Å². The average molecular weight is 592 g/mol. The second-order valence-corrected chi connectivity index (χ2v) is 8.91. The van der Waals surface area contributed by atoms with Gasteiger partial charge < -0.3 is 10.1 Å². The Kier molecular flexibility index (Phi) is 6.47. The molecule has 4 rings (SSSR count). The smallest absolute Gasteiger partial charge is 0.276 e. The Morgan fingerprint density at radius 3 is 2.61 bits per heavy atom. The number of benzene rings is 3. The molecule has 0 spiro atoms. The lowest BCUT2D eigenvalue weighted by Gasteiger charge is -2.38. The van der Waals surface area contributed by atoms with E-state index in [4.69, 9.17) is 4.74 Å². The van der Waals surface area contributed by atoms with Gasteiger partial charge in [-0.1, -0.05) is 40.2 Å². The Balaban J connectivity index is 1.71. The zero-order valence-corrected chi connectivity index (χ0v) is 20.3. The molecule has 0 saturated heterocycles. The molecule has 0 saturated carbocycles. The van der Waals surface area contributed by atoms with Gasteiger partial charge in [0.25, 0.3) is 11.8 Å². The summed E-state index contributed by atoms with van der Waals surface area (Å²) >= 11 is 5.52. The molecule has 2 amide bonds. The van der Waals surface area contributed by atoms with Gasteiger partial charge in [0.05, 0.1) is 17.7 Å². The van der Waals surface area contributed by atoms with Gasteiger partial charge in [-0.3, -0.25) is 15.0 Å². The molecule has 158 valence electrons. The first-order chi connectivity index (χ1) is 15.0. The van der Waals surface area contributed by atoms with Gasteiger partial charge in [0.15, 0.2) is 0 Å². The van der Waals surface area contributed by atoms with Crippen molar-refractivity contribution in [3.8, 4) is 5.75 Å². The lowest BCUT2D eigenvalue weighted by Crippen LogP contribution is -2.53. The number of carbonyl (C=O) groups excluding carboxylic acids is 2. The summed E-state index contributed by atoms with van der Waals surface area (Å²) in [5.41, 5.74) is 5.29. The number of nitrogens with one attached hydrogen (secondary N) is 2. The van der Waals surface area contributed by atoms with E-state index in [1.807, 2.05) is 55.5 Å². The molecule has 0 radical (unpaired) electrons. The standard InChI is InChI=1S/C23H19BrIN3O3/c1-2-31-16-10-7-14(8-11-16)21-26-20-12-9-15(24)13-18(20)23(30)28(21)27-22(29)17-5-3-4-6-19(17)25/h3-13,21,26H,2H2,1H3,(H,27,29)/t21-/m0/s1. The first-order valence-electron chi connectivity index (χ1n) is 9.66. The van der Waals surface area contributed by atoms with Crippen LogP contribution >= 0.6 is 38.5 Å². The predicted molar refractivity (Wildman–Crippen MR) is 131 cm³/mol. The summed E-state index contributed by atoms with van der Waals surface area (Å²) in [6.07, 6.45) is -0.581. The largest absolute Gasteiger partial charge is 0.494 e. The van der Waals surface area contributed by atoms with Gasteiger partial charge in [-0.25, -0.2) is 5.01 Å². The van der Waals surface area contributed by atoms with Gasteiger partial charge in [0.1, 0.15) is 11.9 Å². The van der Waals surface area contributed by atoms with Crippen LogP contribution in [0.15, 0.2) is 71.2 Å². The number of hydrogen-bond acceptors (Lipinski definition) is 4. The van der Waals surface area contributed by atoms with Crippen LogP contribution in [-0.2, 0) is 0 Å². The number of anilines is 1. The van der Waals surface area contributed by atoms with Crippen molar-refractivity contribution >= 4 is 56.0 Å². The summed E-state index contributed by atoms with van der Waals surface area (Å²) in [5.74, 6) is 0.0925. The number of ether oxygens (including phenoxy) is 1. The van der Waals surface area contributed by atoms with Gasteiger partial charge in [-0.15, -0.1) is 0 Å². The second kappa shape index (κ2) is 9.27. The molecule has 8 heteroatoms. The summed E-state index contributed by atoms with van der Waals surface area (Å²) in [7, 11) is 0. The molecule has 0 fully saturated rings. The predicted octanol–water partition coefficient (Wildman–Crippen LogP) is 5.36. The highest BCUT2D eigenvalue weighted by atomic mass is 127. The number of halogens is 2. The maximum Gasteiger partial charge on any atom is 0.276 e. The molecule has 0 aromatic heterocycles. The molecule has 1 aliphatic rings. The minimum absolute atomic E-state index is 0.298. The molecule has 3 aromatic carbocycles. The van der Waals surface area contributed by atoms with Crippen LogP contribution < -0.4 is 15.5 Å². The van der Waals surface area contributed by atoms with Crippen molar-refractivity contribution in [1.82, 2.24) is 10.4 Å². The van der Waals surface area contributed by atoms with Crippen molar-refractivity contribution in [2.75, 3.05) is 11.9 Å². The van der Waals surface area contributed by atoms with Gasteiger partial charge >= 0.3 is 0 Å². The summed E-state index contributed by atoms with van der Waals surface area (Å²) in [4.78, 5) is 26.4. The summed E-state index contributed by atoms with van der Waals surface area (Å²) in [6, 6.07) is 20.2. The van der Waals surface area contributed by atoms with Crippen molar-refractivity contribution in [2.45, 2.75) is 13.1 Å². The molecule has 1 heterocycles. The molecular weight excluding hydrogens is 573 g/mol. The highest BCUT2D eigenvalue weighted by molar-refractivity contribution is 14.1. The zero-order chi connectivity index (χ0) is 22.0. The Hall–Kier alpha value is -2.59. The molecule has 0 unspecified atom stereocenters. The molecule has 0 bridgehead atoms. The number of fused-ring (bicyclic) bond motifs is 1. The van der Waals surface area contributed by atoms with Gasteiger partial charge in [-0.2, -0.15) is 0 Å². The Morgan fingerprint density at radius 2 is 1.90 bits per heavy atom. The summed E-state index contributed by atoms with van der Waals surface area (Å²) in [6.45, 7) is 2.49. The van der Waals surface area contributed by atoms with Crippen molar-refractivity contribution < 1.29 is 14.3 Å². The number of hydrogen-bond donors (Lipinski definition) is 2. The molecule has 31 heavy (non-hydrogen) atoms. The minimum atomic E-state index is -0.581. The topological polar surface area (TPSA) is 70.7 Å². The number of carbonyl (C=O) groups is 2. The van der Waals surface area contributed by atoms with E-state index in [-0.39, 0.29) is 11.8 Å². The van der Waals surface area contributed by atoms with Crippen LogP contribution in [0.25, 0.3) is 0 Å². The highest BCUT2D eigenvalue weighted by Crippen LogP contribution is 2.34. The molecule has 1 atom stereocenters. The van der Waals surface area contributed by atoms with Gasteiger partial charge in [-0.05, 0) is 77.5 Å². The molecule has 2 N–H and O–H groups in total. The number of rotatable bonds is 5. The lowest BCUT2D eigenvalue weighted by atomic mass is 10.0. The van der Waals surface area contributed by atoms with Crippen molar-refractivity contribution in [2.24, 2.45) is 0 Å². The molecule has 0 aliphatic carbocycles. The van der Waals surface area contributed by atoms with Crippen LogP contribution in [0.1, 0.15) is 39.4 Å². The maximum absolute atomic E-state index is 13.4. The highest BCUT2D eigenvalue weighted by Gasteiger charge is 2.35. The van der Waals surface area contributed by atoms with Crippen molar-refractivity contribution in [3.63, 3.8) is 0 Å². The number of nitrogens with zero attached hydrogens (tertiary/aromatic N) is 1. The third-order valence-electron chi connectivity index (χ3n) is 4.83. The lowest BCUT2D eigenvalue weighted by molar-refractivity contribution is 0.0490. The van der Waals surface area contributed by atoms with E-state index in [0.29, 0.717) is 23.4 Å². The van der Waals surface area contributed by atoms with E-state index in [1.165, 1.54) is 5.01 Å².